The highest BCUT2D eigenvalue weighted by Gasteiger charge is 2.07. The van der Waals surface area contributed by atoms with Gasteiger partial charge in [-0.2, -0.15) is 0 Å². The van der Waals surface area contributed by atoms with Crippen LogP contribution in [0.25, 0.3) is 0 Å². The van der Waals surface area contributed by atoms with Gasteiger partial charge in [-0.05, 0) is 24.1 Å². The fourth-order valence-corrected chi connectivity index (χ4v) is 1.43. The lowest BCUT2D eigenvalue weighted by atomic mass is 10.0. The third-order valence-electron chi connectivity index (χ3n) is 2.24. The highest BCUT2D eigenvalue weighted by Crippen LogP contribution is 2.28. The number of carbonyl (C=O) groups excluding carboxylic acids is 1. The number of carbonyl (C=O) groups is 1. The molecule has 1 atom stereocenters. The van der Waals surface area contributed by atoms with Gasteiger partial charge in [-0.15, -0.1) is 0 Å². The van der Waals surface area contributed by atoms with Crippen LogP contribution in [-0.2, 0) is 11.2 Å². The second-order valence-corrected chi connectivity index (χ2v) is 3.51. The summed E-state index contributed by atoms with van der Waals surface area (Å²) in [7, 11) is 3.20. The van der Waals surface area contributed by atoms with E-state index in [4.69, 9.17) is 9.47 Å². The van der Waals surface area contributed by atoms with Crippen molar-refractivity contribution < 1.29 is 14.3 Å². The maximum Gasteiger partial charge on any atom is 0.160 e. The predicted octanol–water partition coefficient (Wildman–Crippen LogP) is 2.08. The van der Waals surface area contributed by atoms with Gasteiger partial charge in [-0.1, -0.05) is 13.0 Å². The van der Waals surface area contributed by atoms with Gasteiger partial charge >= 0.3 is 0 Å². The Morgan fingerprint density at radius 1 is 1.27 bits per heavy atom. The SMILES string of the molecule is COc1ccc(CC(C)C=O)cc1OC. The van der Waals surface area contributed by atoms with E-state index in [9.17, 15) is 4.79 Å². The molecule has 0 fully saturated rings. The number of rotatable bonds is 5. The zero-order valence-corrected chi connectivity index (χ0v) is 9.32. The summed E-state index contributed by atoms with van der Waals surface area (Å²) in [5, 5.41) is 0. The number of benzene rings is 1. The summed E-state index contributed by atoms with van der Waals surface area (Å²) in [4.78, 5) is 10.5. The molecule has 0 aliphatic carbocycles. The molecule has 3 nitrogen and oxygen atoms in total. The van der Waals surface area contributed by atoms with Crippen LogP contribution in [0.2, 0.25) is 0 Å². The zero-order valence-electron chi connectivity index (χ0n) is 9.32. The lowest BCUT2D eigenvalue weighted by Crippen LogP contribution is -2.01. The van der Waals surface area contributed by atoms with Crippen molar-refractivity contribution in [2.75, 3.05) is 14.2 Å². The number of aldehydes is 1. The number of ether oxygens (including phenoxy) is 2. The van der Waals surface area contributed by atoms with E-state index in [0.29, 0.717) is 11.5 Å². The smallest absolute Gasteiger partial charge is 0.160 e. The van der Waals surface area contributed by atoms with Crippen LogP contribution in [-0.4, -0.2) is 20.5 Å². The molecule has 1 rings (SSSR count). The van der Waals surface area contributed by atoms with Crippen LogP contribution in [0.3, 0.4) is 0 Å². The first-order valence-electron chi connectivity index (χ1n) is 4.87. The molecule has 0 heterocycles. The molecule has 1 unspecified atom stereocenters. The Bertz CT molecular complexity index is 334. The molecule has 82 valence electrons. The van der Waals surface area contributed by atoms with Gasteiger partial charge < -0.3 is 14.3 Å². The fraction of sp³-hybridized carbons (Fsp3) is 0.417. The summed E-state index contributed by atoms with van der Waals surface area (Å²) in [5.41, 5.74) is 1.08. The largest absolute Gasteiger partial charge is 0.493 e. The van der Waals surface area contributed by atoms with Crippen LogP contribution in [0.4, 0.5) is 0 Å². The third-order valence-corrected chi connectivity index (χ3v) is 2.24. The number of methoxy groups -OCH3 is 2. The molecule has 0 aromatic heterocycles. The lowest BCUT2D eigenvalue weighted by Gasteiger charge is -2.10. The molecule has 0 radical (unpaired) electrons. The standard InChI is InChI=1S/C12H16O3/c1-9(8-13)6-10-4-5-11(14-2)12(7-10)15-3/h4-5,7-9H,6H2,1-3H3. The summed E-state index contributed by atoms with van der Waals surface area (Å²) in [6.45, 7) is 1.89. The summed E-state index contributed by atoms with van der Waals surface area (Å²) in [6, 6.07) is 5.70. The van der Waals surface area contributed by atoms with Gasteiger partial charge in [-0.25, -0.2) is 0 Å². The van der Waals surface area contributed by atoms with E-state index in [1.165, 1.54) is 0 Å². The van der Waals surface area contributed by atoms with Crippen molar-refractivity contribution in [3.05, 3.63) is 23.8 Å². The Kier molecular flexibility index (Phi) is 4.16. The average Bonchev–Trinajstić information content (AvgIpc) is 2.28. The van der Waals surface area contributed by atoms with Crippen molar-refractivity contribution in [2.45, 2.75) is 13.3 Å². The summed E-state index contributed by atoms with van der Waals surface area (Å²) in [5.74, 6) is 1.44. The molecule has 1 aromatic carbocycles. The van der Waals surface area contributed by atoms with Gasteiger partial charge in [0, 0.05) is 5.92 Å². The maximum absolute atomic E-state index is 10.5. The molecular formula is C12H16O3. The minimum absolute atomic E-state index is 0.0306. The van der Waals surface area contributed by atoms with Gasteiger partial charge in [0.2, 0.25) is 0 Å². The topological polar surface area (TPSA) is 35.5 Å². The van der Waals surface area contributed by atoms with Gasteiger partial charge in [0.1, 0.15) is 6.29 Å². The third kappa shape index (κ3) is 2.98. The van der Waals surface area contributed by atoms with E-state index >= 15 is 0 Å². The van der Waals surface area contributed by atoms with E-state index in [2.05, 4.69) is 0 Å². The molecule has 3 heteroatoms. The second-order valence-electron chi connectivity index (χ2n) is 3.51. The second kappa shape index (κ2) is 5.39. The molecule has 0 N–H and O–H groups in total. The van der Waals surface area contributed by atoms with Crippen LogP contribution in [0, 0.1) is 5.92 Å². The molecule has 0 amide bonds. The van der Waals surface area contributed by atoms with Gasteiger partial charge in [-0.3, -0.25) is 0 Å². The van der Waals surface area contributed by atoms with E-state index in [1.54, 1.807) is 14.2 Å². The Balaban J connectivity index is 2.87. The summed E-state index contributed by atoms with van der Waals surface area (Å²) >= 11 is 0. The van der Waals surface area contributed by atoms with Crippen LogP contribution < -0.4 is 9.47 Å². The van der Waals surface area contributed by atoms with Crippen LogP contribution in [0.15, 0.2) is 18.2 Å². The van der Waals surface area contributed by atoms with E-state index < -0.39 is 0 Å². The number of hydrogen-bond acceptors (Lipinski definition) is 3. The van der Waals surface area contributed by atoms with Gasteiger partial charge in [0.05, 0.1) is 14.2 Å². The van der Waals surface area contributed by atoms with Crippen molar-refractivity contribution >= 4 is 6.29 Å². The minimum Gasteiger partial charge on any atom is -0.493 e. The Morgan fingerprint density at radius 3 is 2.47 bits per heavy atom. The highest BCUT2D eigenvalue weighted by atomic mass is 16.5. The molecular weight excluding hydrogens is 192 g/mol. The molecule has 0 aliphatic heterocycles. The van der Waals surface area contributed by atoms with Crippen molar-refractivity contribution in [1.82, 2.24) is 0 Å². The molecule has 0 aliphatic rings. The monoisotopic (exact) mass is 208 g/mol. The van der Waals surface area contributed by atoms with Crippen molar-refractivity contribution in [3.8, 4) is 11.5 Å². The Labute approximate surface area is 90.0 Å². The van der Waals surface area contributed by atoms with Crippen LogP contribution in [0.1, 0.15) is 12.5 Å². The first-order valence-corrected chi connectivity index (χ1v) is 4.87. The van der Waals surface area contributed by atoms with Gasteiger partial charge in [0.15, 0.2) is 11.5 Å². The van der Waals surface area contributed by atoms with Crippen molar-refractivity contribution in [1.29, 1.82) is 0 Å². The summed E-state index contributed by atoms with van der Waals surface area (Å²) < 4.78 is 10.3. The predicted molar refractivity (Wildman–Crippen MR) is 58.5 cm³/mol. The summed E-state index contributed by atoms with van der Waals surface area (Å²) in [6.07, 6.45) is 1.68. The first kappa shape index (κ1) is 11.6. The maximum atomic E-state index is 10.5. The van der Waals surface area contributed by atoms with E-state index in [1.807, 2.05) is 25.1 Å². The number of hydrogen-bond donors (Lipinski definition) is 0. The molecule has 0 spiro atoms. The molecule has 0 bridgehead atoms. The quantitative estimate of drug-likeness (QED) is 0.695. The zero-order chi connectivity index (χ0) is 11.3. The van der Waals surface area contributed by atoms with Crippen LogP contribution in [0.5, 0.6) is 11.5 Å². The van der Waals surface area contributed by atoms with E-state index in [-0.39, 0.29) is 5.92 Å². The molecule has 1 aromatic rings. The Morgan fingerprint density at radius 2 is 1.93 bits per heavy atom. The molecule has 15 heavy (non-hydrogen) atoms. The van der Waals surface area contributed by atoms with Gasteiger partial charge in [0.25, 0.3) is 0 Å². The normalized spacial score (nSPS) is 11.9. The van der Waals surface area contributed by atoms with Crippen molar-refractivity contribution in [2.24, 2.45) is 5.92 Å². The Hall–Kier alpha value is -1.51. The van der Waals surface area contributed by atoms with Crippen LogP contribution >= 0.6 is 0 Å². The lowest BCUT2D eigenvalue weighted by molar-refractivity contribution is -0.110. The molecule has 0 saturated heterocycles. The van der Waals surface area contributed by atoms with Crippen molar-refractivity contribution in [3.63, 3.8) is 0 Å². The van der Waals surface area contributed by atoms with E-state index in [0.717, 1.165) is 18.3 Å². The fourth-order valence-electron chi connectivity index (χ4n) is 1.43. The molecule has 0 saturated carbocycles. The first-order chi connectivity index (χ1) is 7.21. The average molecular weight is 208 g/mol. The highest BCUT2D eigenvalue weighted by molar-refractivity contribution is 5.54. The minimum atomic E-state index is 0.0306.